The molecule has 0 amide bonds. The molecule has 0 atom stereocenters. The molecule has 0 aromatic heterocycles. The van der Waals surface area contributed by atoms with Crippen LogP contribution in [0.3, 0.4) is 0 Å². The quantitative estimate of drug-likeness (QED) is 0.428. The van der Waals surface area contributed by atoms with Crippen LogP contribution in [-0.2, 0) is 6.42 Å². The van der Waals surface area contributed by atoms with Crippen LogP contribution in [0.2, 0.25) is 0 Å². The molecule has 0 aliphatic carbocycles. The molecular formula is C23H28O5. The van der Waals surface area contributed by atoms with Crippen LogP contribution in [0.15, 0.2) is 42.5 Å². The molecule has 2 rings (SSSR count). The summed E-state index contributed by atoms with van der Waals surface area (Å²) in [5, 5.41) is 18.6. The summed E-state index contributed by atoms with van der Waals surface area (Å²) >= 11 is 0. The molecule has 0 spiro atoms. The smallest absolute Gasteiger partial charge is 0.339 e. The Balaban J connectivity index is 2.07. The Labute approximate surface area is 166 Å². The second-order valence-corrected chi connectivity index (χ2v) is 6.90. The van der Waals surface area contributed by atoms with Crippen LogP contribution in [0.25, 0.3) is 0 Å². The maximum atomic E-state index is 11.5. The van der Waals surface area contributed by atoms with Gasteiger partial charge in [-0.25, -0.2) is 9.59 Å². The average Bonchev–Trinajstić information content (AvgIpc) is 2.68. The maximum Gasteiger partial charge on any atom is 0.339 e. The molecule has 0 bridgehead atoms. The van der Waals surface area contributed by atoms with Gasteiger partial charge in [0.2, 0.25) is 0 Å². The van der Waals surface area contributed by atoms with Crippen molar-refractivity contribution in [1.29, 1.82) is 0 Å². The van der Waals surface area contributed by atoms with Crippen molar-refractivity contribution in [1.82, 2.24) is 0 Å². The van der Waals surface area contributed by atoms with E-state index in [2.05, 4.69) is 6.92 Å². The van der Waals surface area contributed by atoms with E-state index >= 15 is 0 Å². The van der Waals surface area contributed by atoms with Gasteiger partial charge in [-0.15, -0.1) is 0 Å². The Morgan fingerprint density at radius 3 is 2.18 bits per heavy atom. The molecule has 2 aromatic rings. The van der Waals surface area contributed by atoms with Gasteiger partial charge in [0.05, 0.1) is 5.56 Å². The molecule has 2 N–H and O–H groups in total. The van der Waals surface area contributed by atoms with Gasteiger partial charge in [-0.1, -0.05) is 63.6 Å². The number of unbranched alkanes of at least 4 members (excludes halogenated alkanes) is 6. The number of aryl methyl sites for hydroxylation is 1. The van der Waals surface area contributed by atoms with Gasteiger partial charge in [0.15, 0.2) is 0 Å². The fraction of sp³-hybridized carbons (Fsp3) is 0.391. The number of benzene rings is 2. The molecule has 5 heteroatoms. The first-order valence-electron chi connectivity index (χ1n) is 9.89. The lowest BCUT2D eigenvalue weighted by Gasteiger charge is -2.13. The lowest BCUT2D eigenvalue weighted by Crippen LogP contribution is -2.04. The van der Waals surface area contributed by atoms with Gasteiger partial charge in [-0.3, -0.25) is 0 Å². The number of hydrogen-bond acceptors (Lipinski definition) is 3. The number of para-hydroxylation sites is 1. The first-order chi connectivity index (χ1) is 13.5. The van der Waals surface area contributed by atoms with E-state index in [1.807, 2.05) is 18.2 Å². The zero-order chi connectivity index (χ0) is 20.4. The largest absolute Gasteiger partial charge is 0.478 e. The van der Waals surface area contributed by atoms with Crippen LogP contribution in [0.1, 0.15) is 78.1 Å². The number of hydrogen-bond donors (Lipinski definition) is 2. The number of carboxylic acid groups (broad SMARTS) is 2. The number of ether oxygens (including phenoxy) is 1. The summed E-state index contributed by atoms with van der Waals surface area (Å²) < 4.78 is 5.86. The van der Waals surface area contributed by atoms with E-state index < -0.39 is 11.9 Å². The van der Waals surface area contributed by atoms with Crippen LogP contribution in [0.5, 0.6) is 11.5 Å². The monoisotopic (exact) mass is 384 g/mol. The van der Waals surface area contributed by atoms with Gasteiger partial charge in [0.1, 0.15) is 17.1 Å². The van der Waals surface area contributed by atoms with Crippen molar-refractivity contribution in [2.75, 3.05) is 0 Å². The minimum absolute atomic E-state index is 0.00967. The zero-order valence-corrected chi connectivity index (χ0v) is 16.3. The van der Waals surface area contributed by atoms with E-state index in [1.165, 1.54) is 50.3 Å². The lowest BCUT2D eigenvalue weighted by molar-refractivity contribution is 0.0678. The van der Waals surface area contributed by atoms with Crippen LogP contribution < -0.4 is 4.74 Å². The molecule has 0 aliphatic heterocycles. The minimum atomic E-state index is -1.16. The summed E-state index contributed by atoms with van der Waals surface area (Å²) in [6.07, 6.45) is 9.31. The molecule has 0 aliphatic rings. The van der Waals surface area contributed by atoms with Crippen LogP contribution >= 0.6 is 0 Å². The molecule has 0 radical (unpaired) electrons. The van der Waals surface area contributed by atoms with Gasteiger partial charge in [-0.05, 0) is 42.7 Å². The summed E-state index contributed by atoms with van der Waals surface area (Å²) in [5.74, 6) is -1.67. The van der Waals surface area contributed by atoms with Crippen molar-refractivity contribution in [3.05, 3.63) is 59.2 Å². The van der Waals surface area contributed by atoms with Crippen LogP contribution in [0.4, 0.5) is 0 Å². The van der Waals surface area contributed by atoms with Crippen molar-refractivity contribution in [2.24, 2.45) is 0 Å². The summed E-state index contributed by atoms with van der Waals surface area (Å²) in [6, 6.07) is 11.3. The van der Waals surface area contributed by atoms with E-state index in [1.54, 1.807) is 6.07 Å². The predicted octanol–water partition coefficient (Wildman–Crippen LogP) is 6.17. The highest BCUT2D eigenvalue weighted by atomic mass is 16.5. The molecule has 0 saturated heterocycles. The topological polar surface area (TPSA) is 83.8 Å². The second kappa shape index (κ2) is 11.1. The standard InChI is InChI=1S/C23H28O5/c1-2-3-4-5-6-7-8-11-17-12-9-10-13-20(17)28-21-16-18(22(24)25)14-15-19(21)23(26)27/h9-10,12-16H,2-8,11H2,1H3,(H,24,25)(H,26,27). The van der Waals surface area contributed by atoms with Crippen LogP contribution in [-0.4, -0.2) is 22.2 Å². The van der Waals surface area contributed by atoms with Crippen molar-refractivity contribution >= 4 is 11.9 Å². The Kier molecular flexibility index (Phi) is 8.53. The molecule has 0 heterocycles. The first-order valence-corrected chi connectivity index (χ1v) is 9.89. The third kappa shape index (κ3) is 6.41. The normalized spacial score (nSPS) is 10.6. The SMILES string of the molecule is CCCCCCCCCc1ccccc1Oc1cc(C(=O)O)ccc1C(=O)O. The predicted molar refractivity (Wildman–Crippen MR) is 109 cm³/mol. The maximum absolute atomic E-state index is 11.5. The van der Waals surface area contributed by atoms with Crippen molar-refractivity contribution in [3.63, 3.8) is 0 Å². The third-order valence-electron chi connectivity index (χ3n) is 4.70. The molecule has 150 valence electrons. The minimum Gasteiger partial charge on any atom is -0.478 e. The summed E-state index contributed by atoms with van der Waals surface area (Å²) in [5.41, 5.74) is 0.924. The second-order valence-electron chi connectivity index (χ2n) is 6.90. The van der Waals surface area contributed by atoms with Gasteiger partial charge in [0, 0.05) is 0 Å². The van der Waals surface area contributed by atoms with E-state index in [4.69, 9.17) is 4.74 Å². The fourth-order valence-electron chi connectivity index (χ4n) is 3.12. The number of aromatic carboxylic acids is 2. The summed E-state index contributed by atoms with van der Waals surface area (Å²) in [4.78, 5) is 22.7. The van der Waals surface area contributed by atoms with E-state index in [0.717, 1.165) is 24.8 Å². The highest BCUT2D eigenvalue weighted by molar-refractivity contribution is 5.94. The Morgan fingerprint density at radius 1 is 0.821 bits per heavy atom. The highest BCUT2D eigenvalue weighted by Gasteiger charge is 2.16. The van der Waals surface area contributed by atoms with Gasteiger partial charge in [-0.2, -0.15) is 0 Å². The van der Waals surface area contributed by atoms with E-state index in [0.29, 0.717) is 5.75 Å². The zero-order valence-electron chi connectivity index (χ0n) is 16.3. The molecule has 28 heavy (non-hydrogen) atoms. The number of rotatable bonds is 12. The fourth-order valence-corrected chi connectivity index (χ4v) is 3.12. The van der Waals surface area contributed by atoms with Crippen molar-refractivity contribution in [2.45, 2.75) is 58.3 Å². The van der Waals surface area contributed by atoms with Gasteiger partial charge in [0.25, 0.3) is 0 Å². The average molecular weight is 384 g/mol. The molecule has 2 aromatic carbocycles. The molecular weight excluding hydrogens is 356 g/mol. The summed E-state index contributed by atoms with van der Waals surface area (Å²) in [6.45, 7) is 2.21. The molecule has 0 fully saturated rings. The third-order valence-corrected chi connectivity index (χ3v) is 4.70. The molecule has 5 nitrogen and oxygen atoms in total. The lowest BCUT2D eigenvalue weighted by atomic mass is 10.0. The summed E-state index contributed by atoms with van der Waals surface area (Å²) in [7, 11) is 0. The van der Waals surface area contributed by atoms with Crippen molar-refractivity contribution in [3.8, 4) is 11.5 Å². The first kappa shape index (κ1) is 21.5. The van der Waals surface area contributed by atoms with Gasteiger partial charge < -0.3 is 14.9 Å². The Hall–Kier alpha value is -2.82. The number of carbonyl (C=O) groups is 2. The van der Waals surface area contributed by atoms with Crippen LogP contribution in [0, 0.1) is 0 Å². The Bertz CT molecular complexity index is 797. The van der Waals surface area contributed by atoms with Gasteiger partial charge >= 0.3 is 11.9 Å². The highest BCUT2D eigenvalue weighted by Crippen LogP contribution is 2.30. The van der Waals surface area contributed by atoms with E-state index in [-0.39, 0.29) is 16.9 Å². The number of carboxylic acids is 2. The Morgan fingerprint density at radius 2 is 1.50 bits per heavy atom. The van der Waals surface area contributed by atoms with E-state index in [9.17, 15) is 19.8 Å². The van der Waals surface area contributed by atoms with Crippen molar-refractivity contribution < 1.29 is 24.5 Å². The molecule has 0 unspecified atom stereocenters. The molecule has 0 saturated carbocycles.